The molecule has 0 aromatic rings. The maximum absolute atomic E-state index is 3.00. The predicted molar refractivity (Wildman–Crippen MR) is 78.1 cm³/mol. The molecule has 1 rings (SSSR count). The molecule has 17 heavy (non-hydrogen) atoms. The molecule has 2 heteroatoms. The normalized spacial score (nSPS) is 18.8. The molecule has 1 saturated heterocycles. The second kappa shape index (κ2) is 8.35. The summed E-state index contributed by atoms with van der Waals surface area (Å²) < 4.78 is 0. The van der Waals surface area contributed by atoms with Crippen molar-refractivity contribution in [1.82, 2.24) is 9.80 Å². The van der Waals surface area contributed by atoms with Crippen molar-refractivity contribution in [3.8, 4) is 0 Å². The molecule has 0 N–H and O–H groups in total. The summed E-state index contributed by atoms with van der Waals surface area (Å²) in [6.45, 7) is 15.2. The van der Waals surface area contributed by atoms with Crippen LogP contribution >= 0.6 is 0 Å². The third kappa shape index (κ3) is 5.92. The number of nitrogens with zero attached hydrogens (tertiary/aromatic N) is 2. The molecule has 0 unspecified atom stereocenters. The van der Waals surface area contributed by atoms with E-state index in [0.717, 1.165) is 6.04 Å². The van der Waals surface area contributed by atoms with Crippen molar-refractivity contribution in [2.24, 2.45) is 5.92 Å². The zero-order valence-corrected chi connectivity index (χ0v) is 12.4. The Balaban J connectivity index is 0.00000121. The van der Waals surface area contributed by atoms with E-state index in [2.05, 4.69) is 64.0 Å². The standard InChI is InChI=1S/C13H26N2.C2H4/c1-11(2)12(3)10-15(5)13-6-8-14(4)9-7-13;1-2/h10-11,13H,6-9H2,1-5H3;1-2H2/b12-10+;. The molecule has 0 bridgehead atoms. The van der Waals surface area contributed by atoms with Crippen LogP contribution in [0.2, 0.25) is 0 Å². The van der Waals surface area contributed by atoms with E-state index in [4.69, 9.17) is 0 Å². The minimum atomic E-state index is 0.665. The third-order valence-electron chi connectivity index (χ3n) is 3.58. The Labute approximate surface area is 108 Å². The van der Waals surface area contributed by atoms with Gasteiger partial charge in [-0.3, -0.25) is 0 Å². The molecule has 0 atom stereocenters. The van der Waals surface area contributed by atoms with Gasteiger partial charge in [0, 0.05) is 13.1 Å². The molecule has 1 heterocycles. The number of allylic oxidation sites excluding steroid dienone is 1. The smallest absolute Gasteiger partial charge is 0.0305 e. The highest BCUT2D eigenvalue weighted by Crippen LogP contribution is 2.17. The Hall–Kier alpha value is -0.760. The molecule has 2 nitrogen and oxygen atoms in total. The maximum Gasteiger partial charge on any atom is 0.0305 e. The van der Waals surface area contributed by atoms with Gasteiger partial charge in [-0.15, -0.1) is 13.2 Å². The zero-order valence-electron chi connectivity index (χ0n) is 12.4. The van der Waals surface area contributed by atoms with Crippen molar-refractivity contribution >= 4 is 0 Å². The van der Waals surface area contributed by atoms with Gasteiger partial charge in [0.05, 0.1) is 0 Å². The van der Waals surface area contributed by atoms with Crippen LogP contribution in [0, 0.1) is 5.92 Å². The highest BCUT2D eigenvalue weighted by atomic mass is 15.2. The molecule has 0 aromatic heterocycles. The number of rotatable bonds is 3. The first-order valence-electron chi connectivity index (χ1n) is 6.59. The second-order valence-electron chi connectivity index (χ2n) is 5.23. The van der Waals surface area contributed by atoms with Crippen LogP contribution in [0.1, 0.15) is 33.6 Å². The molecule has 0 spiro atoms. The highest BCUT2D eigenvalue weighted by Gasteiger charge is 2.18. The molecular weight excluding hydrogens is 208 g/mol. The lowest BCUT2D eigenvalue weighted by Gasteiger charge is -2.35. The summed E-state index contributed by atoms with van der Waals surface area (Å²) in [6, 6.07) is 0.745. The lowest BCUT2D eigenvalue weighted by atomic mass is 10.0. The maximum atomic E-state index is 3.00. The van der Waals surface area contributed by atoms with E-state index in [1.807, 2.05) is 0 Å². The van der Waals surface area contributed by atoms with Crippen LogP contribution in [-0.4, -0.2) is 43.0 Å². The number of hydrogen-bond donors (Lipinski definition) is 0. The van der Waals surface area contributed by atoms with Gasteiger partial charge in [0.1, 0.15) is 0 Å². The van der Waals surface area contributed by atoms with E-state index >= 15 is 0 Å². The summed E-state index contributed by atoms with van der Waals surface area (Å²) in [5.74, 6) is 0.665. The topological polar surface area (TPSA) is 6.48 Å². The van der Waals surface area contributed by atoms with Crippen LogP contribution in [0.4, 0.5) is 0 Å². The van der Waals surface area contributed by atoms with Gasteiger partial charge in [-0.2, -0.15) is 0 Å². The summed E-state index contributed by atoms with van der Waals surface area (Å²) in [5, 5.41) is 0. The first kappa shape index (κ1) is 16.2. The molecule has 0 aliphatic carbocycles. The van der Waals surface area contributed by atoms with Crippen LogP contribution in [0.15, 0.2) is 24.9 Å². The molecule has 1 aliphatic heterocycles. The quantitative estimate of drug-likeness (QED) is 0.696. The Morgan fingerprint density at radius 2 is 1.76 bits per heavy atom. The number of hydrogen-bond acceptors (Lipinski definition) is 2. The minimum Gasteiger partial charge on any atom is -0.377 e. The number of piperidine rings is 1. The molecule has 0 radical (unpaired) electrons. The predicted octanol–water partition coefficient (Wildman–Crippen LogP) is 3.37. The van der Waals surface area contributed by atoms with Gasteiger partial charge in [-0.1, -0.05) is 19.4 Å². The monoisotopic (exact) mass is 238 g/mol. The lowest BCUT2D eigenvalue weighted by Crippen LogP contribution is -2.39. The summed E-state index contributed by atoms with van der Waals surface area (Å²) in [5.41, 5.74) is 1.48. The molecular formula is C15H30N2. The second-order valence-corrected chi connectivity index (χ2v) is 5.23. The first-order valence-corrected chi connectivity index (χ1v) is 6.59. The van der Waals surface area contributed by atoms with E-state index in [1.54, 1.807) is 0 Å². The van der Waals surface area contributed by atoms with Crippen LogP contribution in [0.3, 0.4) is 0 Å². The van der Waals surface area contributed by atoms with Gasteiger partial charge in [0.25, 0.3) is 0 Å². The lowest BCUT2D eigenvalue weighted by molar-refractivity contribution is 0.178. The van der Waals surface area contributed by atoms with Crippen molar-refractivity contribution in [1.29, 1.82) is 0 Å². The Morgan fingerprint density at radius 1 is 1.29 bits per heavy atom. The van der Waals surface area contributed by atoms with Crippen molar-refractivity contribution < 1.29 is 0 Å². The fraction of sp³-hybridized carbons (Fsp3) is 0.733. The van der Waals surface area contributed by atoms with E-state index in [-0.39, 0.29) is 0 Å². The summed E-state index contributed by atoms with van der Waals surface area (Å²) >= 11 is 0. The fourth-order valence-electron chi connectivity index (χ4n) is 1.98. The van der Waals surface area contributed by atoms with Crippen LogP contribution in [0.25, 0.3) is 0 Å². The molecule has 0 aromatic carbocycles. The first-order chi connectivity index (χ1) is 8.00. The Bertz CT molecular complexity index is 225. The van der Waals surface area contributed by atoms with Gasteiger partial charge in [-0.05, 0) is 52.0 Å². The van der Waals surface area contributed by atoms with Gasteiger partial charge >= 0.3 is 0 Å². The third-order valence-corrected chi connectivity index (χ3v) is 3.58. The highest BCUT2D eigenvalue weighted by molar-refractivity contribution is 5.01. The summed E-state index contributed by atoms with van der Waals surface area (Å²) in [6.07, 6.45) is 4.93. The molecule has 100 valence electrons. The van der Waals surface area contributed by atoms with Crippen LogP contribution in [0.5, 0.6) is 0 Å². The summed E-state index contributed by atoms with van der Waals surface area (Å²) in [7, 11) is 4.44. The van der Waals surface area contributed by atoms with Gasteiger partial charge in [0.2, 0.25) is 0 Å². The van der Waals surface area contributed by atoms with Crippen LogP contribution < -0.4 is 0 Å². The average molecular weight is 238 g/mol. The van der Waals surface area contributed by atoms with Gasteiger partial charge in [-0.25, -0.2) is 0 Å². The largest absolute Gasteiger partial charge is 0.377 e. The summed E-state index contributed by atoms with van der Waals surface area (Å²) in [4.78, 5) is 4.84. The van der Waals surface area contributed by atoms with E-state index in [9.17, 15) is 0 Å². The van der Waals surface area contributed by atoms with E-state index in [0.29, 0.717) is 5.92 Å². The number of likely N-dealkylation sites (tertiary alicyclic amines) is 1. The van der Waals surface area contributed by atoms with Crippen molar-refractivity contribution in [2.45, 2.75) is 39.7 Å². The SMILES string of the molecule is C/C(=C\N(C)C1CCN(C)CC1)C(C)C.C=C. The Morgan fingerprint density at radius 3 is 2.18 bits per heavy atom. The van der Waals surface area contributed by atoms with E-state index < -0.39 is 0 Å². The molecule has 1 aliphatic rings. The minimum absolute atomic E-state index is 0.665. The van der Waals surface area contributed by atoms with Crippen LogP contribution in [-0.2, 0) is 0 Å². The Kier molecular flexibility index (Phi) is 7.98. The van der Waals surface area contributed by atoms with Crippen molar-refractivity contribution in [3.05, 3.63) is 24.9 Å². The molecule has 0 saturated carbocycles. The van der Waals surface area contributed by atoms with Crippen molar-refractivity contribution in [3.63, 3.8) is 0 Å². The van der Waals surface area contributed by atoms with Crippen molar-refractivity contribution in [2.75, 3.05) is 27.2 Å². The molecule has 1 fully saturated rings. The van der Waals surface area contributed by atoms with E-state index in [1.165, 1.54) is 31.5 Å². The zero-order chi connectivity index (χ0) is 13.4. The van der Waals surface area contributed by atoms with Gasteiger partial charge in [0.15, 0.2) is 0 Å². The fourth-order valence-corrected chi connectivity index (χ4v) is 1.98. The average Bonchev–Trinajstić information content (AvgIpc) is 2.32. The molecule has 0 amide bonds. The van der Waals surface area contributed by atoms with Gasteiger partial charge < -0.3 is 9.80 Å².